The van der Waals surface area contributed by atoms with Crippen LogP contribution in [0.15, 0.2) is 36.4 Å². The van der Waals surface area contributed by atoms with Crippen LogP contribution in [0.5, 0.6) is 17.2 Å². The molecule has 7 nitrogen and oxygen atoms in total. The summed E-state index contributed by atoms with van der Waals surface area (Å²) in [6, 6.07) is 11.4. The van der Waals surface area contributed by atoms with Crippen LogP contribution in [0.4, 0.5) is 10.5 Å². The van der Waals surface area contributed by atoms with E-state index in [9.17, 15) is 4.79 Å². The molecule has 0 heterocycles. The molecule has 0 aromatic heterocycles. The number of carbonyl (C=O) groups excluding carboxylic acids is 1. The fourth-order valence-electron chi connectivity index (χ4n) is 3.93. The Kier molecular flexibility index (Phi) is 9.55. The molecule has 3 rings (SSSR count). The van der Waals surface area contributed by atoms with E-state index in [-0.39, 0.29) is 18.1 Å². The van der Waals surface area contributed by atoms with E-state index in [1.807, 2.05) is 24.3 Å². The van der Waals surface area contributed by atoms with Crippen LogP contribution >= 0.6 is 34.2 Å². The van der Waals surface area contributed by atoms with Gasteiger partial charge in [-0.15, -0.1) is 0 Å². The maximum absolute atomic E-state index is 12.7. The molecule has 2 amide bonds. The molecular weight excluding hydrogens is 545 g/mol. The Hall–Kier alpha value is -1.91. The molecule has 2 aromatic carbocycles. The highest BCUT2D eigenvalue weighted by Gasteiger charge is 2.28. The number of urea groups is 1. The third-order valence-corrected chi connectivity index (χ3v) is 6.04. The molecule has 0 spiro atoms. The van der Waals surface area contributed by atoms with E-state index in [1.54, 1.807) is 26.4 Å². The minimum atomic E-state index is -0.256. The zero-order chi connectivity index (χ0) is 22.9. The highest BCUT2D eigenvalue weighted by molar-refractivity contribution is 14.1. The fraction of sp³-hybridized carbons (Fsp3) is 0.435. The average molecular weight is 574 g/mol. The maximum Gasteiger partial charge on any atom is 0.319 e. The van der Waals surface area contributed by atoms with Crippen LogP contribution in [-0.2, 0) is 6.42 Å². The predicted octanol–water partition coefficient (Wildman–Crippen LogP) is 5.00. The van der Waals surface area contributed by atoms with Crippen molar-refractivity contribution in [3.63, 3.8) is 0 Å². The Morgan fingerprint density at radius 2 is 1.81 bits per heavy atom. The molecule has 2 atom stereocenters. The van der Waals surface area contributed by atoms with Crippen molar-refractivity contribution in [3.8, 4) is 17.2 Å². The van der Waals surface area contributed by atoms with Crippen molar-refractivity contribution in [2.45, 2.75) is 37.8 Å². The van der Waals surface area contributed by atoms with Crippen molar-refractivity contribution < 1.29 is 19.0 Å². The summed E-state index contributed by atoms with van der Waals surface area (Å²) in [4.78, 5) is 12.7. The van der Waals surface area contributed by atoms with Gasteiger partial charge in [-0.3, -0.25) is 0 Å². The molecule has 9 heteroatoms. The molecule has 0 aliphatic heterocycles. The van der Waals surface area contributed by atoms with Crippen LogP contribution in [0.25, 0.3) is 0 Å². The van der Waals surface area contributed by atoms with Gasteiger partial charge in [-0.25, -0.2) is 4.79 Å². The number of hydrogen-bond donors (Lipinski definition) is 3. The molecule has 3 N–H and O–H groups in total. The minimum absolute atomic E-state index is 0.0745. The second-order valence-corrected chi connectivity index (χ2v) is 8.60. The number of ether oxygens (including phenoxy) is 3. The predicted molar refractivity (Wildman–Crippen MR) is 136 cm³/mol. The van der Waals surface area contributed by atoms with E-state index >= 15 is 0 Å². The highest BCUT2D eigenvalue weighted by atomic mass is 127. The Morgan fingerprint density at radius 1 is 1.09 bits per heavy atom. The quantitative estimate of drug-likeness (QED) is 0.275. The van der Waals surface area contributed by atoms with Crippen molar-refractivity contribution in [2.75, 3.05) is 30.7 Å². The summed E-state index contributed by atoms with van der Waals surface area (Å²) in [5.74, 6) is 1.50. The lowest BCUT2D eigenvalue weighted by Crippen LogP contribution is -2.48. The van der Waals surface area contributed by atoms with Gasteiger partial charge in [-0.2, -0.15) is 0 Å². The normalized spacial score (nSPS) is 17.6. The van der Waals surface area contributed by atoms with Crippen LogP contribution in [0.3, 0.4) is 0 Å². The number of benzene rings is 2. The number of nitrogens with one attached hydrogen (secondary N) is 3. The van der Waals surface area contributed by atoms with Crippen LogP contribution in [0.1, 0.15) is 24.8 Å². The molecule has 32 heavy (non-hydrogen) atoms. The first kappa shape index (κ1) is 24.7. The molecule has 0 saturated heterocycles. The summed E-state index contributed by atoms with van der Waals surface area (Å²) in [5.41, 5.74) is 1.81. The first-order valence-corrected chi connectivity index (χ1v) is 12.4. The van der Waals surface area contributed by atoms with Crippen molar-refractivity contribution >= 4 is 45.9 Å². The van der Waals surface area contributed by atoms with Gasteiger partial charge in [-0.05, 0) is 72.5 Å². The molecule has 1 saturated carbocycles. The zero-order valence-electron chi connectivity index (χ0n) is 18.3. The molecule has 1 fully saturated rings. The van der Waals surface area contributed by atoms with Gasteiger partial charge in [0.05, 0.1) is 19.9 Å². The fourth-order valence-corrected chi connectivity index (χ4v) is 4.39. The number of anilines is 1. The van der Waals surface area contributed by atoms with Crippen molar-refractivity contribution in [3.05, 3.63) is 47.0 Å². The Morgan fingerprint density at radius 3 is 2.50 bits per heavy atom. The summed E-state index contributed by atoms with van der Waals surface area (Å²) in [5, 5.41) is 10.3. The summed E-state index contributed by atoms with van der Waals surface area (Å²) >= 11 is 8.05. The van der Waals surface area contributed by atoms with Gasteiger partial charge in [0.15, 0.2) is 11.5 Å². The van der Waals surface area contributed by atoms with Gasteiger partial charge in [0, 0.05) is 29.2 Å². The number of hydrogen-bond acceptors (Lipinski definition) is 5. The lowest BCUT2D eigenvalue weighted by Gasteiger charge is -2.23. The van der Waals surface area contributed by atoms with Gasteiger partial charge in [0.25, 0.3) is 0 Å². The molecule has 2 aromatic rings. The largest absolute Gasteiger partial charge is 0.493 e. The topological polar surface area (TPSA) is 80.9 Å². The van der Waals surface area contributed by atoms with Crippen molar-refractivity contribution in [1.82, 2.24) is 10.6 Å². The van der Waals surface area contributed by atoms with E-state index in [4.69, 9.17) is 25.8 Å². The van der Waals surface area contributed by atoms with E-state index in [0.717, 1.165) is 37.3 Å². The van der Waals surface area contributed by atoms with Gasteiger partial charge in [-0.1, -0.05) is 23.7 Å². The van der Waals surface area contributed by atoms with Gasteiger partial charge in [0.2, 0.25) is 5.75 Å². The molecule has 1 aliphatic carbocycles. The molecule has 1 aliphatic rings. The van der Waals surface area contributed by atoms with Crippen LogP contribution < -0.4 is 30.2 Å². The highest BCUT2D eigenvalue weighted by Crippen LogP contribution is 2.40. The van der Waals surface area contributed by atoms with E-state index < -0.39 is 0 Å². The summed E-state index contributed by atoms with van der Waals surface area (Å²) < 4.78 is 16.8. The van der Waals surface area contributed by atoms with Crippen LogP contribution in [0, 0.1) is 0 Å². The standard InChI is InChI=1S/C23H29ClIN3O4/c1-30-20-12-17(13-21(32-14-25)22(20)31-2)27-23(29)28-19-5-3-4-18(19)26-11-10-15-6-8-16(24)9-7-15/h6-9,12-13,18-19,26H,3-5,10-11,14H2,1-2H3,(H2,27,28,29)/t18-,19-/m1/s1. The lowest BCUT2D eigenvalue weighted by molar-refractivity contribution is 0.246. The van der Waals surface area contributed by atoms with Gasteiger partial charge < -0.3 is 30.2 Å². The van der Waals surface area contributed by atoms with Gasteiger partial charge in [0.1, 0.15) is 4.61 Å². The summed E-state index contributed by atoms with van der Waals surface area (Å²) in [7, 11) is 3.10. The molecular formula is C23H29ClIN3O4. The Labute approximate surface area is 207 Å². The average Bonchev–Trinajstić information content (AvgIpc) is 3.21. The molecule has 0 unspecified atom stereocenters. The minimum Gasteiger partial charge on any atom is -0.493 e. The number of alkyl halides is 1. The first-order chi connectivity index (χ1) is 15.5. The number of rotatable bonds is 10. The number of carbonyl (C=O) groups is 1. The SMILES string of the molecule is COc1cc(NC(=O)N[C@@H]2CCC[C@H]2NCCc2ccc(Cl)cc2)cc(OCI)c1OC. The third kappa shape index (κ3) is 6.79. The van der Waals surface area contributed by atoms with Crippen LogP contribution in [0.2, 0.25) is 5.02 Å². The lowest BCUT2D eigenvalue weighted by atomic mass is 10.1. The van der Waals surface area contributed by atoms with E-state index in [1.165, 1.54) is 5.56 Å². The monoisotopic (exact) mass is 573 g/mol. The summed E-state index contributed by atoms with van der Waals surface area (Å²) in [6.45, 7) is 0.846. The summed E-state index contributed by atoms with van der Waals surface area (Å²) in [6.07, 6.45) is 3.97. The maximum atomic E-state index is 12.7. The number of halogens is 2. The number of methoxy groups -OCH3 is 2. The van der Waals surface area contributed by atoms with Crippen molar-refractivity contribution in [2.24, 2.45) is 0 Å². The third-order valence-electron chi connectivity index (χ3n) is 5.48. The van der Waals surface area contributed by atoms with Gasteiger partial charge >= 0.3 is 6.03 Å². The van der Waals surface area contributed by atoms with Crippen LogP contribution in [-0.4, -0.2) is 43.5 Å². The van der Waals surface area contributed by atoms with E-state index in [2.05, 4.69) is 38.5 Å². The van der Waals surface area contributed by atoms with Crippen molar-refractivity contribution in [1.29, 1.82) is 0 Å². The van der Waals surface area contributed by atoms with E-state index in [0.29, 0.717) is 27.5 Å². The molecule has 0 radical (unpaired) electrons. The second-order valence-electron chi connectivity index (χ2n) is 7.54. The smallest absolute Gasteiger partial charge is 0.319 e. The number of amides is 2. The molecule has 174 valence electrons. The zero-order valence-corrected chi connectivity index (χ0v) is 21.2. The first-order valence-electron chi connectivity index (χ1n) is 10.5. The molecule has 0 bridgehead atoms. The Balaban J connectivity index is 1.55. The second kappa shape index (κ2) is 12.4. The Bertz CT molecular complexity index is 898.